The molecule has 5 nitrogen and oxygen atoms in total. The topological polar surface area (TPSA) is 51.0 Å². The molecule has 2 aromatic rings. The number of hydrogen-bond donors (Lipinski definition) is 0. The van der Waals surface area contributed by atoms with E-state index in [0.717, 1.165) is 17.1 Å². The summed E-state index contributed by atoms with van der Waals surface area (Å²) >= 11 is 0. The van der Waals surface area contributed by atoms with Crippen LogP contribution in [0.3, 0.4) is 0 Å². The molecule has 5 heteroatoms. The Labute approximate surface area is 117 Å². The average Bonchev–Trinajstić information content (AvgIpc) is 3.05. The maximum absolute atomic E-state index is 12.1. The molecule has 1 unspecified atom stereocenters. The molecule has 0 aliphatic carbocycles. The van der Waals surface area contributed by atoms with Crippen molar-refractivity contribution in [1.82, 2.24) is 14.8 Å². The zero-order valence-electron chi connectivity index (χ0n) is 11.4. The fourth-order valence-corrected chi connectivity index (χ4v) is 2.50. The van der Waals surface area contributed by atoms with Gasteiger partial charge in [0, 0.05) is 37.2 Å². The number of aromatic nitrogens is 3. The number of carbonyl (C=O) groups is 1. The van der Waals surface area contributed by atoms with Crippen LogP contribution in [0.4, 0.5) is 5.69 Å². The highest BCUT2D eigenvalue weighted by molar-refractivity contribution is 5.96. The number of benzene rings is 1. The quantitative estimate of drug-likeness (QED) is 0.800. The van der Waals surface area contributed by atoms with Crippen molar-refractivity contribution in [2.24, 2.45) is 13.0 Å². The van der Waals surface area contributed by atoms with Crippen LogP contribution in [0.25, 0.3) is 11.4 Å². The molecular formula is C15H16N4O. The van der Waals surface area contributed by atoms with Gasteiger partial charge in [-0.15, -0.1) is 16.8 Å². The highest BCUT2D eigenvalue weighted by Gasteiger charge is 2.28. The second kappa shape index (κ2) is 4.92. The number of carbonyl (C=O) groups excluding carboxylic acids is 1. The Morgan fingerprint density at radius 2 is 2.30 bits per heavy atom. The minimum absolute atomic E-state index is 0.144. The molecule has 0 bridgehead atoms. The lowest BCUT2D eigenvalue weighted by Gasteiger charge is -2.17. The van der Waals surface area contributed by atoms with E-state index < -0.39 is 0 Å². The molecule has 1 aromatic heterocycles. The number of rotatable bonds is 3. The predicted molar refractivity (Wildman–Crippen MR) is 77.1 cm³/mol. The van der Waals surface area contributed by atoms with Gasteiger partial charge in [-0.25, -0.2) is 0 Å². The molecule has 0 spiro atoms. The van der Waals surface area contributed by atoms with Crippen LogP contribution in [0.5, 0.6) is 0 Å². The first-order valence-corrected chi connectivity index (χ1v) is 6.56. The second-order valence-electron chi connectivity index (χ2n) is 5.02. The van der Waals surface area contributed by atoms with Crippen LogP contribution in [0.2, 0.25) is 0 Å². The lowest BCUT2D eigenvalue weighted by atomic mass is 10.1. The van der Waals surface area contributed by atoms with E-state index in [1.54, 1.807) is 6.33 Å². The number of hydrogen-bond acceptors (Lipinski definition) is 3. The van der Waals surface area contributed by atoms with Crippen molar-refractivity contribution in [3.8, 4) is 11.4 Å². The summed E-state index contributed by atoms with van der Waals surface area (Å²) in [6, 6.07) is 7.84. The summed E-state index contributed by atoms with van der Waals surface area (Å²) in [6.07, 6.45) is 4.05. The van der Waals surface area contributed by atoms with Crippen molar-refractivity contribution >= 4 is 11.6 Å². The molecule has 1 fully saturated rings. The Bertz CT molecular complexity index is 661. The van der Waals surface area contributed by atoms with Crippen LogP contribution in [0.1, 0.15) is 6.42 Å². The predicted octanol–water partition coefficient (Wildman–Crippen LogP) is 2.02. The lowest BCUT2D eigenvalue weighted by molar-refractivity contribution is -0.117. The first-order valence-electron chi connectivity index (χ1n) is 6.56. The minimum Gasteiger partial charge on any atom is -0.317 e. The van der Waals surface area contributed by atoms with Gasteiger partial charge >= 0.3 is 0 Å². The fourth-order valence-electron chi connectivity index (χ4n) is 2.50. The SMILES string of the molecule is C=CC1CC(=O)N(c2cccc(-c3nncn3C)c2)C1. The molecule has 102 valence electrons. The molecule has 1 saturated heterocycles. The number of aryl methyl sites for hydroxylation is 1. The first-order chi connectivity index (χ1) is 9.69. The van der Waals surface area contributed by atoms with Crippen LogP contribution < -0.4 is 4.90 Å². The van der Waals surface area contributed by atoms with E-state index in [4.69, 9.17) is 0 Å². The van der Waals surface area contributed by atoms with Gasteiger partial charge in [-0.3, -0.25) is 4.79 Å². The molecule has 20 heavy (non-hydrogen) atoms. The van der Waals surface area contributed by atoms with Crippen LogP contribution in [0.15, 0.2) is 43.2 Å². The molecule has 0 radical (unpaired) electrons. The van der Waals surface area contributed by atoms with E-state index in [9.17, 15) is 4.79 Å². The highest BCUT2D eigenvalue weighted by atomic mass is 16.2. The molecule has 3 rings (SSSR count). The van der Waals surface area contributed by atoms with Crippen molar-refractivity contribution in [3.63, 3.8) is 0 Å². The van der Waals surface area contributed by atoms with E-state index in [0.29, 0.717) is 13.0 Å². The summed E-state index contributed by atoms with van der Waals surface area (Å²) in [6.45, 7) is 4.47. The van der Waals surface area contributed by atoms with Crippen LogP contribution in [-0.2, 0) is 11.8 Å². The third-order valence-corrected chi connectivity index (χ3v) is 3.62. The Kier molecular flexibility index (Phi) is 3.10. The van der Waals surface area contributed by atoms with Crippen molar-refractivity contribution < 1.29 is 4.79 Å². The molecule has 1 aliphatic rings. The van der Waals surface area contributed by atoms with Gasteiger partial charge in [-0.1, -0.05) is 18.2 Å². The summed E-state index contributed by atoms with van der Waals surface area (Å²) in [4.78, 5) is 13.9. The Morgan fingerprint density at radius 1 is 1.45 bits per heavy atom. The summed E-state index contributed by atoms with van der Waals surface area (Å²) in [5, 5.41) is 7.98. The third-order valence-electron chi connectivity index (χ3n) is 3.62. The summed E-state index contributed by atoms with van der Waals surface area (Å²) in [7, 11) is 1.90. The van der Waals surface area contributed by atoms with E-state index in [2.05, 4.69) is 16.8 Å². The maximum Gasteiger partial charge on any atom is 0.227 e. The average molecular weight is 268 g/mol. The molecule has 1 aliphatic heterocycles. The van der Waals surface area contributed by atoms with E-state index in [-0.39, 0.29) is 11.8 Å². The molecule has 1 amide bonds. The molecule has 2 heterocycles. The number of amides is 1. The maximum atomic E-state index is 12.1. The summed E-state index contributed by atoms with van der Waals surface area (Å²) < 4.78 is 1.86. The van der Waals surface area contributed by atoms with Crippen LogP contribution in [0, 0.1) is 5.92 Å². The van der Waals surface area contributed by atoms with Gasteiger partial charge in [0.05, 0.1) is 0 Å². The van der Waals surface area contributed by atoms with Crippen LogP contribution >= 0.6 is 0 Å². The Hall–Kier alpha value is -2.43. The molecule has 0 saturated carbocycles. The van der Waals surface area contributed by atoms with Gasteiger partial charge in [-0.05, 0) is 12.1 Å². The van der Waals surface area contributed by atoms with Crippen LogP contribution in [-0.4, -0.2) is 27.2 Å². The van der Waals surface area contributed by atoms with E-state index in [1.165, 1.54) is 0 Å². The second-order valence-corrected chi connectivity index (χ2v) is 5.02. The van der Waals surface area contributed by atoms with Crippen molar-refractivity contribution in [3.05, 3.63) is 43.2 Å². The Balaban J connectivity index is 1.94. The van der Waals surface area contributed by atoms with Gasteiger partial charge in [0.1, 0.15) is 6.33 Å². The fraction of sp³-hybridized carbons (Fsp3) is 0.267. The van der Waals surface area contributed by atoms with Crippen molar-refractivity contribution in [2.45, 2.75) is 6.42 Å². The standard InChI is InChI=1S/C15H16N4O/c1-3-11-7-14(20)19(9-11)13-6-4-5-12(8-13)15-17-16-10-18(15)2/h3-6,8,10-11H,1,7,9H2,2H3. The van der Waals surface area contributed by atoms with E-state index >= 15 is 0 Å². The van der Waals surface area contributed by atoms with Gasteiger partial charge < -0.3 is 9.47 Å². The van der Waals surface area contributed by atoms with Gasteiger partial charge in [-0.2, -0.15) is 0 Å². The molecule has 0 N–H and O–H groups in total. The molecule has 1 aromatic carbocycles. The smallest absolute Gasteiger partial charge is 0.227 e. The lowest BCUT2D eigenvalue weighted by Crippen LogP contribution is -2.24. The zero-order valence-corrected chi connectivity index (χ0v) is 11.4. The first kappa shape index (κ1) is 12.6. The molecule has 1 atom stereocenters. The zero-order chi connectivity index (χ0) is 14.1. The van der Waals surface area contributed by atoms with Crippen molar-refractivity contribution in [2.75, 3.05) is 11.4 Å². The summed E-state index contributed by atoms with van der Waals surface area (Å²) in [5.41, 5.74) is 1.86. The molecular weight excluding hydrogens is 252 g/mol. The van der Waals surface area contributed by atoms with Crippen molar-refractivity contribution in [1.29, 1.82) is 0 Å². The Morgan fingerprint density at radius 3 is 2.95 bits per heavy atom. The minimum atomic E-state index is 0.144. The van der Waals surface area contributed by atoms with E-state index in [1.807, 2.05) is 46.9 Å². The summed E-state index contributed by atoms with van der Waals surface area (Å²) in [5.74, 6) is 1.17. The normalized spacial score (nSPS) is 18.6. The third kappa shape index (κ3) is 2.11. The largest absolute Gasteiger partial charge is 0.317 e. The highest BCUT2D eigenvalue weighted by Crippen LogP contribution is 2.28. The van der Waals surface area contributed by atoms with Gasteiger partial charge in [0.2, 0.25) is 5.91 Å². The monoisotopic (exact) mass is 268 g/mol. The van der Waals surface area contributed by atoms with Gasteiger partial charge in [0.15, 0.2) is 5.82 Å². The number of anilines is 1. The van der Waals surface area contributed by atoms with Gasteiger partial charge in [0.25, 0.3) is 0 Å². The number of nitrogens with zero attached hydrogens (tertiary/aromatic N) is 4.